The monoisotopic (exact) mass is 484 g/mol. The van der Waals surface area contributed by atoms with Gasteiger partial charge in [-0.25, -0.2) is 0 Å². The molecule has 2 aromatic carbocycles. The fraction of sp³-hybridized carbons (Fsp3) is 0.538. The maximum absolute atomic E-state index is 12.4. The molecule has 0 bridgehead atoms. The van der Waals surface area contributed by atoms with E-state index in [0.717, 1.165) is 24.8 Å². The van der Waals surface area contributed by atoms with Crippen LogP contribution in [0.5, 0.6) is 17.2 Å². The summed E-state index contributed by atoms with van der Waals surface area (Å²) in [5.74, 6) is 0.763. The summed E-state index contributed by atoms with van der Waals surface area (Å²) in [4.78, 5) is -0.202. The van der Waals surface area contributed by atoms with Gasteiger partial charge in [-0.3, -0.25) is 4.55 Å². The molecule has 0 saturated heterocycles. The minimum absolute atomic E-state index is 0. The number of hydrogen-bond donors (Lipinski definition) is 1. The molecule has 0 amide bonds. The average molecular weight is 485 g/mol. The van der Waals surface area contributed by atoms with Gasteiger partial charge in [-0.15, -0.1) is 5.75 Å². The van der Waals surface area contributed by atoms with Crippen LogP contribution in [0.1, 0.15) is 89.5 Å². The van der Waals surface area contributed by atoms with E-state index in [9.17, 15) is 13.5 Å². The van der Waals surface area contributed by atoms with Crippen molar-refractivity contribution in [3.8, 4) is 17.2 Å². The van der Waals surface area contributed by atoms with Gasteiger partial charge in [0.05, 0.1) is 4.90 Å². The van der Waals surface area contributed by atoms with Crippen molar-refractivity contribution >= 4 is 10.1 Å². The Bertz CT molecular complexity index is 897. The molecule has 0 aliphatic carbocycles. The second-order valence-corrected chi connectivity index (χ2v) is 9.88. The molecule has 2 aromatic rings. The largest absolute Gasteiger partial charge is 1.00 e. The smallest absolute Gasteiger partial charge is 0.872 e. The molecular formula is C26H37NaO5S. The van der Waals surface area contributed by atoms with Crippen LogP contribution in [-0.2, 0) is 16.5 Å². The van der Waals surface area contributed by atoms with Crippen LogP contribution in [0.15, 0.2) is 47.4 Å². The quantitative estimate of drug-likeness (QED) is 0.221. The maximum atomic E-state index is 12.4. The first kappa shape index (κ1) is 30.0. The van der Waals surface area contributed by atoms with E-state index >= 15 is 0 Å². The van der Waals surface area contributed by atoms with Crippen molar-refractivity contribution < 1.29 is 52.4 Å². The van der Waals surface area contributed by atoms with Gasteiger partial charge in [-0.1, -0.05) is 89.2 Å². The predicted molar refractivity (Wildman–Crippen MR) is 127 cm³/mol. The van der Waals surface area contributed by atoms with Gasteiger partial charge in [-0.05, 0) is 49.2 Å². The van der Waals surface area contributed by atoms with Crippen LogP contribution in [0.2, 0.25) is 0 Å². The Morgan fingerprint density at radius 3 is 1.73 bits per heavy atom. The van der Waals surface area contributed by atoms with Crippen LogP contribution in [-0.4, -0.2) is 13.0 Å². The fourth-order valence-electron chi connectivity index (χ4n) is 3.78. The van der Waals surface area contributed by atoms with Gasteiger partial charge >= 0.3 is 29.6 Å². The summed E-state index contributed by atoms with van der Waals surface area (Å²) in [5, 5.41) is 12.4. The molecule has 0 radical (unpaired) electrons. The Morgan fingerprint density at radius 2 is 1.24 bits per heavy atom. The molecule has 33 heavy (non-hydrogen) atoms. The normalized spacial score (nSPS) is 11.2. The number of unbranched alkanes of at least 4 members (excludes halogenated alkanes) is 11. The van der Waals surface area contributed by atoms with E-state index in [-0.39, 0.29) is 40.2 Å². The first-order valence-corrected chi connectivity index (χ1v) is 13.4. The van der Waals surface area contributed by atoms with Gasteiger partial charge in [0, 0.05) is 0 Å². The van der Waals surface area contributed by atoms with E-state index in [1.54, 1.807) is 6.07 Å². The SMILES string of the molecule is CCCCCCCCCCCCCCc1ccc(Oc2ccc(S(=O)(=O)O)cc2)cc1[O-].[Na+]. The van der Waals surface area contributed by atoms with E-state index < -0.39 is 10.1 Å². The van der Waals surface area contributed by atoms with Crippen molar-refractivity contribution in [3.05, 3.63) is 48.0 Å². The summed E-state index contributed by atoms with van der Waals surface area (Å²) in [6.45, 7) is 2.25. The van der Waals surface area contributed by atoms with Crippen molar-refractivity contribution in [2.45, 2.75) is 95.3 Å². The average Bonchev–Trinajstić information content (AvgIpc) is 2.75. The number of aryl methyl sites for hydroxylation is 1. The molecule has 0 saturated carbocycles. The van der Waals surface area contributed by atoms with Crippen molar-refractivity contribution in [1.82, 2.24) is 0 Å². The molecule has 1 N–H and O–H groups in total. The van der Waals surface area contributed by atoms with Gasteiger partial charge in [0.1, 0.15) is 11.5 Å². The van der Waals surface area contributed by atoms with Crippen molar-refractivity contribution in [2.24, 2.45) is 0 Å². The Balaban J connectivity index is 0.00000544. The first-order chi connectivity index (χ1) is 15.4. The number of benzene rings is 2. The van der Waals surface area contributed by atoms with Gasteiger partial charge in [0.15, 0.2) is 0 Å². The third-order valence-electron chi connectivity index (χ3n) is 5.70. The molecule has 0 aliphatic heterocycles. The van der Waals surface area contributed by atoms with Crippen molar-refractivity contribution in [2.75, 3.05) is 0 Å². The summed E-state index contributed by atoms with van der Waals surface area (Å²) < 4.78 is 36.8. The van der Waals surface area contributed by atoms with Gasteiger partial charge in [0.25, 0.3) is 10.1 Å². The van der Waals surface area contributed by atoms with Gasteiger partial charge in [-0.2, -0.15) is 8.42 Å². The van der Waals surface area contributed by atoms with Crippen LogP contribution in [0.25, 0.3) is 0 Å². The zero-order valence-corrected chi connectivity index (χ0v) is 23.0. The van der Waals surface area contributed by atoms with E-state index in [4.69, 9.17) is 9.29 Å². The number of hydrogen-bond acceptors (Lipinski definition) is 4. The standard InChI is InChI=1S/C26H38O5S.Na/c1-2-3-4-5-6-7-8-9-10-11-12-13-14-22-15-16-24(21-26(22)27)31-23-17-19-25(20-18-23)32(28,29)30;/h15-21,27H,2-14H2,1H3,(H,28,29,30);/q;+1/p-1. The van der Waals surface area contributed by atoms with Crippen LogP contribution in [0, 0.1) is 0 Å². The molecule has 7 heteroatoms. The van der Waals surface area contributed by atoms with Crippen LogP contribution < -0.4 is 39.4 Å². The van der Waals surface area contributed by atoms with E-state index in [1.807, 2.05) is 6.07 Å². The second kappa shape index (κ2) is 16.6. The zero-order chi connectivity index (χ0) is 23.2. The van der Waals surface area contributed by atoms with Crippen LogP contribution in [0.4, 0.5) is 0 Å². The molecule has 0 atom stereocenters. The Kier molecular flexibility index (Phi) is 15.0. The molecule has 0 heterocycles. The molecule has 5 nitrogen and oxygen atoms in total. The first-order valence-electron chi connectivity index (χ1n) is 12.0. The molecule has 0 fully saturated rings. The molecule has 0 spiro atoms. The Morgan fingerprint density at radius 1 is 0.758 bits per heavy atom. The molecular weight excluding hydrogens is 447 g/mol. The van der Waals surface area contributed by atoms with E-state index in [0.29, 0.717) is 11.5 Å². The zero-order valence-electron chi connectivity index (χ0n) is 20.2. The van der Waals surface area contributed by atoms with E-state index in [2.05, 4.69) is 6.92 Å². The summed E-state index contributed by atoms with van der Waals surface area (Å²) >= 11 is 0. The topological polar surface area (TPSA) is 86.7 Å². The molecule has 2 rings (SSSR count). The third kappa shape index (κ3) is 12.3. The molecule has 0 aliphatic rings. The molecule has 0 aromatic heterocycles. The number of rotatable bonds is 16. The number of ether oxygens (including phenoxy) is 1. The third-order valence-corrected chi connectivity index (χ3v) is 6.56. The summed E-state index contributed by atoms with van der Waals surface area (Å²) in [6, 6.07) is 10.4. The summed E-state index contributed by atoms with van der Waals surface area (Å²) in [6.07, 6.45) is 16.3. The minimum atomic E-state index is -4.23. The summed E-state index contributed by atoms with van der Waals surface area (Å²) in [7, 11) is -4.23. The van der Waals surface area contributed by atoms with E-state index in [1.165, 1.54) is 94.5 Å². The van der Waals surface area contributed by atoms with Crippen molar-refractivity contribution in [3.63, 3.8) is 0 Å². The van der Waals surface area contributed by atoms with Gasteiger partial charge < -0.3 is 9.84 Å². The fourth-order valence-corrected chi connectivity index (χ4v) is 4.26. The van der Waals surface area contributed by atoms with Gasteiger partial charge in [0.2, 0.25) is 0 Å². The predicted octanol–water partition coefficient (Wildman–Crippen LogP) is 4.05. The molecule has 0 unspecified atom stereocenters. The Labute approximate surface area is 222 Å². The Hall–Kier alpha value is -1.05. The van der Waals surface area contributed by atoms with Crippen LogP contribution >= 0.6 is 0 Å². The van der Waals surface area contributed by atoms with Crippen molar-refractivity contribution in [1.29, 1.82) is 0 Å². The second-order valence-electron chi connectivity index (χ2n) is 8.46. The van der Waals surface area contributed by atoms with Crippen LogP contribution in [0.3, 0.4) is 0 Å². The minimum Gasteiger partial charge on any atom is -0.872 e. The summed E-state index contributed by atoms with van der Waals surface area (Å²) in [5.41, 5.74) is 0.797. The maximum Gasteiger partial charge on any atom is 1.00 e. The molecule has 178 valence electrons.